The number of hydrogen-bond donors (Lipinski definition) is 2. The molecule has 1 amide bonds. The normalized spacial score (nSPS) is 26.4. The third-order valence-electron chi connectivity index (χ3n) is 5.86. The molecule has 148 valence electrons. The highest BCUT2D eigenvalue weighted by Crippen LogP contribution is 2.47. The SMILES string of the molecule is CN(C)c1ccnc(N[C@H]2CC[C@@H](NC(=O)C3C[C@H]3c3ccccc3)CC2)n1. The Morgan fingerprint density at radius 2 is 1.75 bits per heavy atom. The van der Waals surface area contributed by atoms with Crippen LogP contribution < -0.4 is 15.5 Å². The maximum Gasteiger partial charge on any atom is 0.224 e. The predicted octanol–water partition coefficient (Wildman–Crippen LogP) is 3.19. The minimum Gasteiger partial charge on any atom is -0.363 e. The molecule has 4 rings (SSSR count). The van der Waals surface area contributed by atoms with Gasteiger partial charge in [-0.15, -0.1) is 0 Å². The summed E-state index contributed by atoms with van der Waals surface area (Å²) in [5, 5.41) is 6.74. The molecular formula is C22H29N5O. The van der Waals surface area contributed by atoms with Crippen LogP contribution in [-0.2, 0) is 4.79 Å². The molecule has 2 saturated carbocycles. The van der Waals surface area contributed by atoms with Crippen molar-refractivity contribution in [2.45, 2.75) is 50.1 Å². The molecule has 1 unspecified atom stereocenters. The highest BCUT2D eigenvalue weighted by molar-refractivity contribution is 5.83. The number of amides is 1. The zero-order valence-corrected chi connectivity index (χ0v) is 16.6. The van der Waals surface area contributed by atoms with E-state index in [2.05, 4.69) is 44.9 Å². The van der Waals surface area contributed by atoms with Crippen LogP contribution in [0.4, 0.5) is 11.8 Å². The second-order valence-corrected chi connectivity index (χ2v) is 8.19. The molecule has 2 aromatic rings. The van der Waals surface area contributed by atoms with E-state index in [1.807, 2.05) is 31.1 Å². The van der Waals surface area contributed by atoms with Crippen LogP contribution in [0.1, 0.15) is 43.6 Å². The second-order valence-electron chi connectivity index (χ2n) is 8.19. The molecule has 0 saturated heterocycles. The average molecular weight is 380 g/mol. The smallest absolute Gasteiger partial charge is 0.224 e. The van der Waals surface area contributed by atoms with Gasteiger partial charge in [0.1, 0.15) is 5.82 Å². The maximum absolute atomic E-state index is 12.6. The van der Waals surface area contributed by atoms with Crippen molar-refractivity contribution >= 4 is 17.7 Å². The Labute approximate surface area is 166 Å². The molecule has 28 heavy (non-hydrogen) atoms. The summed E-state index contributed by atoms with van der Waals surface area (Å²) < 4.78 is 0. The van der Waals surface area contributed by atoms with Crippen LogP contribution in [0.25, 0.3) is 0 Å². The lowest BCUT2D eigenvalue weighted by atomic mass is 9.91. The Bertz CT molecular complexity index is 802. The van der Waals surface area contributed by atoms with Crippen molar-refractivity contribution in [1.29, 1.82) is 0 Å². The highest BCUT2D eigenvalue weighted by Gasteiger charge is 2.44. The Kier molecular flexibility index (Phi) is 5.46. The largest absolute Gasteiger partial charge is 0.363 e. The van der Waals surface area contributed by atoms with Gasteiger partial charge in [0.05, 0.1) is 0 Å². The maximum atomic E-state index is 12.6. The standard InChI is InChI=1S/C22H29N5O/c1-27(2)20-12-13-23-22(26-20)25-17-10-8-16(9-11-17)24-21(28)19-14-18(19)15-6-4-3-5-7-15/h3-7,12-13,16-19H,8-11,14H2,1-2H3,(H,24,28)(H,23,25,26)/t16-,17+,18-,19?/m0/s1. The molecule has 0 radical (unpaired) electrons. The molecule has 0 spiro atoms. The van der Waals surface area contributed by atoms with Gasteiger partial charge in [0, 0.05) is 38.3 Å². The van der Waals surface area contributed by atoms with E-state index in [1.54, 1.807) is 6.20 Å². The predicted molar refractivity (Wildman–Crippen MR) is 111 cm³/mol. The van der Waals surface area contributed by atoms with E-state index in [-0.39, 0.29) is 17.9 Å². The van der Waals surface area contributed by atoms with Gasteiger partial charge >= 0.3 is 0 Å². The number of carbonyl (C=O) groups excluding carboxylic acids is 1. The lowest BCUT2D eigenvalue weighted by Gasteiger charge is -2.30. The van der Waals surface area contributed by atoms with Gasteiger partial charge in [0.25, 0.3) is 0 Å². The van der Waals surface area contributed by atoms with E-state index < -0.39 is 0 Å². The summed E-state index contributed by atoms with van der Waals surface area (Å²) in [4.78, 5) is 23.4. The summed E-state index contributed by atoms with van der Waals surface area (Å²) >= 11 is 0. The lowest BCUT2D eigenvalue weighted by Crippen LogP contribution is -2.41. The van der Waals surface area contributed by atoms with E-state index in [1.165, 1.54) is 5.56 Å². The Hall–Kier alpha value is -2.63. The molecule has 0 aliphatic heterocycles. The topological polar surface area (TPSA) is 70.2 Å². The molecule has 1 heterocycles. The van der Waals surface area contributed by atoms with Crippen LogP contribution in [0, 0.1) is 5.92 Å². The van der Waals surface area contributed by atoms with Crippen LogP contribution in [0.15, 0.2) is 42.6 Å². The number of aromatic nitrogens is 2. The molecule has 0 bridgehead atoms. The number of nitrogens with zero attached hydrogens (tertiary/aromatic N) is 3. The molecule has 2 atom stereocenters. The van der Waals surface area contributed by atoms with Crippen LogP contribution in [-0.4, -0.2) is 42.1 Å². The quantitative estimate of drug-likeness (QED) is 0.807. The molecule has 2 aliphatic carbocycles. The summed E-state index contributed by atoms with van der Waals surface area (Å²) in [6.07, 6.45) is 6.81. The van der Waals surface area contributed by atoms with Crippen molar-refractivity contribution in [3.8, 4) is 0 Å². The summed E-state index contributed by atoms with van der Waals surface area (Å²) in [7, 11) is 3.95. The van der Waals surface area contributed by atoms with Gasteiger partial charge in [-0.25, -0.2) is 4.98 Å². The fraction of sp³-hybridized carbons (Fsp3) is 0.500. The van der Waals surface area contributed by atoms with Gasteiger partial charge in [-0.05, 0) is 49.7 Å². The van der Waals surface area contributed by atoms with Crippen molar-refractivity contribution in [3.05, 3.63) is 48.2 Å². The minimum atomic E-state index is 0.153. The average Bonchev–Trinajstić information content (AvgIpc) is 3.51. The fourth-order valence-corrected chi connectivity index (χ4v) is 4.09. The molecule has 1 aromatic carbocycles. The number of carbonyl (C=O) groups is 1. The van der Waals surface area contributed by atoms with Gasteiger partial charge < -0.3 is 15.5 Å². The van der Waals surface area contributed by atoms with E-state index in [4.69, 9.17) is 0 Å². The summed E-state index contributed by atoms with van der Waals surface area (Å²) in [6, 6.07) is 12.9. The van der Waals surface area contributed by atoms with Gasteiger partial charge in [0.15, 0.2) is 0 Å². The first-order valence-electron chi connectivity index (χ1n) is 10.2. The van der Waals surface area contributed by atoms with E-state index >= 15 is 0 Å². The van der Waals surface area contributed by atoms with Crippen molar-refractivity contribution in [2.75, 3.05) is 24.3 Å². The number of benzene rings is 1. The number of hydrogen-bond acceptors (Lipinski definition) is 5. The van der Waals surface area contributed by atoms with Crippen LogP contribution >= 0.6 is 0 Å². The molecule has 2 fully saturated rings. The van der Waals surface area contributed by atoms with Crippen LogP contribution in [0.2, 0.25) is 0 Å². The third-order valence-corrected chi connectivity index (χ3v) is 5.86. The second kappa shape index (κ2) is 8.17. The van der Waals surface area contributed by atoms with Crippen molar-refractivity contribution in [1.82, 2.24) is 15.3 Å². The highest BCUT2D eigenvalue weighted by atomic mass is 16.2. The Balaban J connectivity index is 1.23. The van der Waals surface area contributed by atoms with Crippen molar-refractivity contribution < 1.29 is 4.79 Å². The fourth-order valence-electron chi connectivity index (χ4n) is 4.09. The van der Waals surface area contributed by atoms with E-state index in [9.17, 15) is 4.79 Å². The first kappa shape index (κ1) is 18.7. The lowest BCUT2D eigenvalue weighted by molar-refractivity contribution is -0.123. The number of nitrogens with one attached hydrogen (secondary N) is 2. The molecule has 1 aromatic heterocycles. The Morgan fingerprint density at radius 3 is 2.46 bits per heavy atom. The zero-order valence-electron chi connectivity index (χ0n) is 16.6. The zero-order chi connectivity index (χ0) is 19.5. The summed E-state index contributed by atoms with van der Waals surface area (Å²) in [5.74, 6) is 2.37. The number of anilines is 2. The summed E-state index contributed by atoms with van der Waals surface area (Å²) in [6.45, 7) is 0. The Morgan fingerprint density at radius 1 is 1.04 bits per heavy atom. The van der Waals surface area contributed by atoms with Crippen LogP contribution in [0.3, 0.4) is 0 Å². The number of rotatable bonds is 6. The van der Waals surface area contributed by atoms with Gasteiger partial charge in [-0.3, -0.25) is 4.79 Å². The molecule has 6 nitrogen and oxygen atoms in total. The first-order valence-corrected chi connectivity index (χ1v) is 10.2. The van der Waals surface area contributed by atoms with E-state index in [0.717, 1.165) is 37.9 Å². The molecule has 2 aliphatic rings. The molecule has 6 heteroatoms. The molecular weight excluding hydrogens is 350 g/mol. The van der Waals surface area contributed by atoms with Crippen LogP contribution in [0.5, 0.6) is 0 Å². The van der Waals surface area contributed by atoms with Crippen molar-refractivity contribution in [3.63, 3.8) is 0 Å². The summed E-state index contributed by atoms with van der Waals surface area (Å²) in [5.41, 5.74) is 1.29. The van der Waals surface area contributed by atoms with Gasteiger partial charge in [-0.1, -0.05) is 30.3 Å². The van der Waals surface area contributed by atoms with Gasteiger partial charge in [0.2, 0.25) is 11.9 Å². The first-order chi connectivity index (χ1) is 13.6. The van der Waals surface area contributed by atoms with Gasteiger partial charge in [-0.2, -0.15) is 4.98 Å². The van der Waals surface area contributed by atoms with Crippen molar-refractivity contribution in [2.24, 2.45) is 5.92 Å². The third kappa shape index (κ3) is 4.43. The minimum absolute atomic E-state index is 0.153. The molecule has 2 N–H and O–H groups in total. The monoisotopic (exact) mass is 379 g/mol. The van der Waals surface area contributed by atoms with E-state index in [0.29, 0.717) is 17.9 Å².